The fraction of sp³-hybridized carbons (Fsp3) is 0.111. The summed E-state index contributed by atoms with van der Waals surface area (Å²) >= 11 is 0. The highest BCUT2D eigenvalue weighted by atomic mass is 16.1. The second-order valence-corrected chi connectivity index (χ2v) is 5.61. The molecule has 0 saturated heterocycles. The Morgan fingerprint density at radius 1 is 1.04 bits per heavy atom. The van der Waals surface area contributed by atoms with Gasteiger partial charge in [0, 0.05) is 37.7 Å². The van der Waals surface area contributed by atoms with E-state index in [-0.39, 0.29) is 5.56 Å². The standard InChI is InChI=1S/C18H16N4O/c1-21-11-8-15-17(21)18(23)20-16(19-15)12-13-4-6-14(7-5-13)22-9-2-3-10-22/h2-11H,12H2,1H3,(H,19,20,23). The molecule has 0 spiro atoms. The number of hydrogen-bond acceptors (Lipinski definition) is 2. The van der Waals surface area contributed by atoms with Crippen LogP contribution >= 0.6 is 0 Å². The minimum absolute atomic E-state index is 0.0959. The molecule has 0 fully saturated rings. The molecule has 1 aromatic carbocycles. The summed E-state index contributed by atoms with van der Waals surface area (Å²) in [4.78, 5) is 19.6. The Bertz CT molecular complexity index is 1010. The molecule has 0 aliphatic carbocycles. The van der Waals surface area contributed by atoms with Gasteiger partial charge >= 0.3 is 0 Å². The summed E-state index contributed by atoms with van der Waals surface area (Å²) in [6, 6.07) is 14.1. The number of benzene rings is 1. The van der Waals surface area contributed by atoms with Crippen LogP contribution in [0.3, 0.4) is 0 Å². The maximum absolute atomic E-state index is 12.2. The monoisotopic (exact) mass is 304 g/mol. The number of aryl methyl sites for hydroxylation is 1. The lowest BCUT2D eigenvalue weighted by Gasteiger charge is -2.06. The number of aromatic nitrogens is 4. The Morgan fingerprint density at radius 3 is 2.52 bits per heavy atom. The Hall–Kier alpha value is -3.08. The maximum atomic E-state index is 12.2. The van der Waals surface area contributed by atoms with Gasteiger partial charge in [-0.25, -0.2) is 4.98 Å². The largest absolute Gasteiger partial charge is 0.345 e. The molecule has 5 heteroatoms. The number of nitrogens with zero attached hydrogens (tertiary/aromatic N) is 3. The summed E-state index contributed by atoms with van der Waals surface area (Å²) in [6.45, 7) is 0. The van der Waals surface area contributed by atoms with E-state index in [1.807, 2.05) is 43.8 Å². The third-order valence-electron chi connectivity index (χ3n) is 3.99. The number of hydrogen-bond donors (Lipinski definition) is 1. The second-order valence-electron chi connectivity index (χ2n) is 5.61. The smallest absolute Gasteiger partial charge is 0.275 e. The Balaban J connectivity index is 1.64. The van der Waals surface area contributed by atoms with E-state index in [0.29, 0.717) is 17.8 Å². The Kier molecular flexibility index (Phi) is 3.12. The van der Waals surface area contributed by atoms with Gasteiger partial charge in [-0.05, 0) is 35.9 Å². The van der Waals surface area contributed by atoms with Crippen LogP contribution in [0.1, 0.15) is 11.4 Å². The molecule has 3 heterocycles. The molecule has 0 saturated carbocycles. The SMILES string of the molecule is Cn1ccc2nc(Cc3ccc(-n4cccc4)cc3)[nH]c(=O)c21. The molecule has 0 radical (unpaired) electrons. The van der Waals surface area contributed by atoms with E-state index in [0.717, 1.165) is 16.8 Å². The van der Waals surface area contributed by atoms with Gasteiger partial charge < -0.3 is 14.1 Å². The average Bonchev–Trinajstić information content (AvgIpc) is 3.18. The lowest BCUT2D eigenvalue weighted by molar-refractivity contribution is 0.928. The molecule has 114 valence electrons. The summed E-state index contributed by atoms with van der Waals surface area (Å²) in [7, 11) is 1.85. The van der Waals surface area contributed by atoms with Crippen LogP contribution in [0.2, 0.25) is 0 Å². The van der Waals surface area contributed by atoms with Crippen LogP contribution in [-0.4, -0.2) is 19.1 Å². The van der Waals surface area contributed by atoms with Gasteiger partial charge in [0.25, 0.3) is 5.56 Å². The zero-order chi connectivity index (χ0) is 15.8. The molecule has 0 bridgehead atoms. The molecule has 1 N–H and O–H groups in total. The van der Waals surface area contributed by atoms with Crippen molar-refractivity contribution in [2.45, 2.75) is 6.42 Å². The van der Waals surface area contributed by atoms with E-state index in [4.69, 9.17) is 0 Å². The van der Waals surface area contributed by atoms with Crippen LogP contribution in [0.4, 0.5) is 0 Å². The first kappa shape index (κ1) is 13.6. The number of nitrogens with one attached hydrogen (secondary N) is 1. The van der Waals surface area contributed by atoms with E-state index in [1.165, 1.54) is 0 Å². The van der Waals surface area contributed by atoms with Crippen LogP contribution in [0.5, 0.6) is 0 Å². The highest BCUT2D eigenvalue weighted by Gasteiger charge is 2.07. The quantitative estimate of drug-likeness (QED) is 0.632. The first-order chi connectivity index (χ1) is 11.2. The molecule has 4 rings (SSSR count). The van der Waals surface area contributed by atoms with E-state index in [1.54, 1.807) is 4.57 Å². The summed E-state index contributed by atoms with van der Waals surface area (Å²) in [5, 5.41) is 0. The molecule has 0 aliphatic rings. The van der Waals surface area contributed by atoms with E-state index in [9.17, 15) is 4.79 Å². The number of H-pyrrole nitrogens is 1. The summed E-state index contributed by atoms with van der Waals surface area (Å²) in [6.07, 6.45) is 6.48. The summed E-state index contributed by atoms with van der Waals surface area (Å²) < 4.78 is 3.84. The van der Waals surface area contributed by atoms with Crippen molar-refractivity contribution in [1.82, 2.24) is 19.1 Å². The van der Waals surface area contributed by atoms with Gasteiger partial charge in [-0.3, -0.25) is 4.79 Å². The first-order valence-electron chi connectivity index (χ1n) is 7.47. The van der Waals surface area contributed by atoms with Gasteiger partial charge in [0.1, 0.15) is 11.3 Å². The van der Waals surface area contributed by atoms with Crippen LogP contribution in [0, 0.1) is 0 Å². The van der Waals surface area contributed by atoms with E-state index < -0.39 is 0 Å². The normalized spacial score (nSPS) is 11.2. The molecular formula is C18H16N4O. The number of rotatable bonds is 3. The van der Waals surface area contributed by atoms with Gasteiger partial charge in [0.05, 0.1) is 5.52 Å². The third-order valence-corrected chi connectivity index (χ3v) is 3.99. The predicted molar refractivity (Wildman–Crippen MR) is 89.9 cm³/mol. The summed E-state index contributed by atoms with van der Waals surface area (Å²) in [5.74, 6) is 0.683. The molecule has 0 amide bonds. The van der Waals surface area contributed by atoms with Crippen molar-refractivity contribution >= 4 is 11.0 Å². The molecule has 4 aromatic rings. The van der Waals surface area contributed by atoms with Gasteiger partial charge in [-0.1, -0.05) is 12.1 Å². The highest BCUT2D eigenvalue weighted by molar-refractivity contribution is 5.74. The number of fused-ring (bicyclic) bond motifs is 1. The summed E-state index contributed by atoms with van der Waals surface area (Å²) in [5.41, 5.74) is 3.46. The third kappa shape index (κ3) is 2.46. The second kappa shape index (κ2) is 5.28. The van der Waals surface area contributed by atoms with Crippen molar-refractivity contribution in [1.29, 1.82) is 0 Å². The van der Waals surface area contributed by atoms with Crippen molar-refractivity contribution in [3.8, 4) is 5.69 Å². The lowest BCUT2D eigenvalue weighted by Crippen LogP contribution is -2.14. The number of aromatic amines is 1. The van der Waals surface area contributed by atoms with Crippen LogP contribution in [0.15, 0.2) is 65.8 Å². The highest BCUT2D eigenvalue weighted by Crippen LogP contribution is 2.13. The fourth-order valence-electron chi connectivity index (χ4n) is 2.82. The van der Waals surface area contributed by atoms with Crippen molar-refractivity contribution in [2.75, 3.05) is 0 Å². The first-order valence-corrected chi connectivity index (χ1v) is 7.47. The zero-order valence-corrected chi connectivity index (χ0v) is 12.7. The van der Waals surface area contributed by atoms with Crippen molar-refractivity contribution in [3.05, 3.63) is 82.8 Å². The van der Waals surface area contributed by atoms with E-state index >= 15 is 0 Å². The van der Waals surface area contributed by atoms with E-state index in [2.05, 4.69) is 38.8 Å². The van der Waals surface area contributed by atoms with Crippen LogP contribution < -0.4 is 5.56 Å². The van der Waals surface area contributed by atoms with Gasteiger partial charge in [-0.2, -0.15) is 0 Å². The molecule has 5 nitrogen and oxygen atoms in total. The molecule has 0 atom stereocenters. The van der Waals surface area contributed by atoms with Gasteiger partial charge in [0.2, 0.25) is 0 Å². The molecule has 0 unspecified atom stereocenters. The van der Waals surface area contributed by atoms with Crippen LogP contribution in [-0.2, 0) is 13.5 Å². The Labute approximate surface area is 132 Å². The lowest BCUT2D eigenvalue weighted by atomic mass is 10.1. The molecule has 23 heavy (non-hydrogen) atoms. The Morgan fingerprint density at radius 2 is 1.78 bits per heavy atom. The van der Waals surface area contributed by atoms with Crippen molar-refractivity contribution < 1.29 is 0 Å². The maximum Gasteiger partial charge on any atom is 0.275 e. The zero-order valence-electron chi connectivity index (χ0n) is 12.7. The minimum Gasteiger partial charge on any atom is -0.345 e. The topological polar surface area (TPSA) is 55.6 Å². The molecular weight excluding hydrogens is 288 g/mol. The van der Waals surface area contributed by atoms with Crippen molar-refractivity contribution in [2.24, 2.45) is 7.05 Å². The predicted octanol–water partition coefficient (Wildman–Crippen LogP) is 2.64. The molecule has 3 aromatic heterocycles. The van der Waals surface area contributed by atoms with Crippen LogP contribution in [0.25, 0.3) is 16.7 Å². The van der Waals surface area contributed by atoms with Gasteiger partial charge in [0.15, 0.2) is 0 Å². The van der Waals surface area contributed by atoms with Crippen molar-refractivity contribution in [3.63, 3.8) is 0 Å². The van der Waals surface area contributed by atoms with Gasteiger partial charge in [-0.15, -0.1) is 0 Å². The molecule has 0 aliphatic heterocycles. The minimum atomic E-state index is -0.0959. The average molecular weight is 304 g/mol. The fourth-order valence-corrected chi connectivity index (χ4v) is 2.82.